The van der Waals surface area contributed by atoms with E-state index in [1.807, 2.05) is 25.1 Å². The Morgan fingerprint density at radius 1 is 1.20 bits per heavy atom. The molecule has 3 aliphatic rings. The number of carbonyl (C=O) groups excluding carboxylic acids is 3. The normalized spacial score (nSPS) is 25.6. The fraction of sp³-hybridized carbons (Fsp3) is 0.379. The Hall–Kier alpha value is -4.42. The maximum Gasteiger partial charge on any atom is 0.255 e. The number of likely N-dealkylation sites (N-methyl/N-ethyl adjacent to an activating group) is 1. The maximum absolute atomic E-state index is 14.1. The van der Waals surface area contributed by atoms with Crippen LogP contribution in [0.5, 0.6) is 5.75 Å². The predicted octanol–water partition coefficient (Wildman–Crippen LogP) is 1.04. The number of anilines is 2. The molecule has 5 rings (SSSR count). The van der Waals surface area contributed by atoms with Gasteiger partial charge in [-0.2, -0.15) is 0 Å². The second-order valence-electron chi connectivity index (χ2n) is 11.2. The molecule has 1 heterocycles. The molecule has 12 heteroatoms. The number of hydrogen-bond acceptors (Lipinski definition) is 11. The lowest BCUT2D eigenvalue weighted by atomic mass is 9.57. The van der Waals surface area contributed by atoms with Crippen molar-refractivity contribution in [2.24, 2.45) is 17.6 Å². The molecular weight excluding hydrogens is 530 g/mol. The van der Waals surface area contributed by atoms with Gasteiger partial charge in [0.05, 0.1) is 17.3 Å². The first kappa shape index (κ1) is 28.1. The highest BCUT2D eigenvalue weighted by Gasteiger charge is 2.64. The largest absolute Gasteiger partial charge is 0.508 e. The average molecular weight is 564 g/mol. The van der Waals surface area contributed by atoms with Crippen molar-refractivity contribution < 1.29 is 34.8 Å². The van der Waals surface area contributed by atoms with Crippen LogP contribution in [0, 0.1) is 11.8 Å². The molecule has 7 N–H and O–H groups in total. The van der Waals surface area contributed by atoms with Crippen molar-refractivity contribution in [1.29, 1.82) is 0 Å². The highest BCUT2D eigenvalue weighted by molar-refractivity contribution is 6.24. The van der Waals surface area contributed by atoms with Crippen molar-refractivity contribution in [3.63, 3.8) is 0 Å². The molecule has 3 aliphatic carbocycles. The Morgan fingerprint density at radius 3 is 2.49 bits per heavy atom. The highest BCUT2D eigenvalue weighted by Crippen LogP contribution is 2.54. The Bertz CT molecular complexity index is 1530. The Kier molecular flexibility index (Phi) is 6.79. The molecule has 1 saturated carbocycles. The van der Waals surface area contributed by atoms with Crippen LogP contribution in [0.3, 0.4) is 0 Å². The topological polar surface area (TPSA) is 190 Å². The van der Waals surface area contributed by atoms with Crippen LogP contribution in [0.15, 0.2) is 47.5 Å². The number of rotatable bonds is 6. The number of aromatic nitrogens is 1. The van der Waals surface area contributed by atoms with E-state index in [1.165, 1.54) is 4.90 Å². The van der Waals surface area contributed by atoms with Crippen LogP contribution in [-0.2, 0) is 27.3 Å². The van der Waals surface area contributed by atoms with Crippen molar-refractivity contribution in [1.82, 2.24) is 9.88 Å². The summed E-state index contributed by atoms with van der Waals surface area (Å²) in [5.74, 6) is -6.81. The predicted molar refractivity (Wildman–Crippen MR) is 150 cm³/mol. The van der Waals surface area contributed by atoms with Crippen LogP contribution in [0.25, 0.3) is 5.76 Å². The molecule has 1 aromatic carbocycles. The third-order valence-corrected chi connectivity index (χ3v) is 8.38. The fourth-order valence-corrected chi connectivity index (χ4v) is 6.53. The number of carbonyl (C=O) groups is 3. The number of benzene rings is 1. The minimum Gasteiger partial charge on any atom is -0.508 e. The van der Waals surface area contributed by atoms with Crippen molar-refractivity contribution in [2.45, 2.75) is 31.0 Å². The number of aliphatic hydroxyl groups excluding tert-OH is 2. The van der Waals surface area contributed by atoms with Gasteiger partial charge in [0.25, 0.3) is 5.91 Å². The number of Topliss-reactive ketones (excluding diaryl/α,β-unsaturated/α-hetero) is 2. The summed E-state index contributed by atoms with van der Waals surface area (Å²) in [6.07, 6.45) is 3.55. The van der Waals surface area contributed by atoms with Crippen molar-refractivity contribution >= 4 is 34.6 Å². The van der Waals surface area contributed by atoms with Crippen molar-refractivity contribution in [3.8, 4) is 5.75 Å². The van der Waals surface area contributed by atoms with Crippen LogP contribution >= 0.6 is 0 Å². The second-order valence-corrected chi connectivity index (χ2v) is 11.2. The second kappa shape index (κ2) is 9.89. The molecule has 0 aliphatic heterocycles. The molecule has 0 spiro atoms. The summed E-state index contributed by atoms with van der Waals surface area (Å²) in [5, 5.41) is 48.9. The van der Waals surface area contributed by atoms with E-state index >= 15 is 0 Å². The van der Waals surface area contributed by atoms with Gasteiger partial charge in [-0.15, -0.1) is 0 Å². The van der Waals surface area contributed by atoms with Gasteiger partial charge >= 0.3 is 0 Å². The number of phenolic OH excluding ortho intramolecular Hbond substituents is 1. The van der Waals surface area contributed by atoms with E-state index in [-0.39, 0.29) is 29.7 Å². The zero-order chi connectivity index (χ0) is 30.0. The zero-order valence-electron chi connectivity index (χ0n) is 23.2. The number of pyridine rings is 1. The molecule has 12 nitrogen and oxygen atoms in total. The van der Waals surface area contributed by atoms with Crippen LogP contribution in [0.1, 0.15) is 23.1 Å². The van der Waals surface area contributed by atoms with Crippen molar-refractivity contribution in [3.05, 3.63) is 64.2 Å². The Morgan fingerprint density at radius 2 is 1.90 bits per heavy atom. The fourth-order valence-electron chi connectivity index (χ4n) is 6.53. The van der Waals surface area contributed by atoms with E-state index in [0.29, 0.717) is 23.5 Å². The first-order valence-electron chi connectivity index (χ1n) is 13.1. The number of amides is 1. The molecule has 0 saturated heterocycles. The molecule has 1 amide bonds. The van der Waals surface area contributed by atoms with Gasteiger partial charge in [0, 0.05) is 50.2 Å². The van der Waals surface area contributed by atoms with Crippen molar-refractivity contribution in [2.75, 3.05) is 38.4 Å². The van der Waals surface area contributed by atoms with Gasteiger partial charge in [-0.25, -0.2) is 0 Å². The lowest BCUT2D eigenvalue weighted by Gasteiger charge is -2.50. The highest BCUT2D eigenvalue weighted by atomic mass is 16.3. The van der Waals surface area contributed by atoms with Gasteiger partial charge in [0.2, 0.25) is 5.78 Å². The number of aliphatic hydroxyl groups is 3. The number of nitrogens with zero attached hydrogens (tertiary/aromatic N) is 3. The van der Waals surface area contributed by atoms with E-state index < -0.39 is 58.0 Å². The van der Waals surface area contributed by atoms with E-state index in [1.54, 1.807) is 38.6 Å². The van der Waals surface area contributed by atoms with Crippen LogP contribution in [0.2, 0.25) is 0 Å². The first-order chi connectivity index (χ1) is 19.3. The maximum atomic E-state index is 14.1. The molecule has 1 aromatic heterocycles. The number of aromatic hydroxyl groups is 1. The van der Waals surface area contributed by atoms with E-state index in [0.717, 1.165) is 5.56 Å². The third-order valence-electron chi connectivity index (χ3n) is 8.38. The molecule has 4 atom stereocenters. The number of fused-ring (bicyclic) bond motifs is 3. The van der Waals surface area contributed by atoms with E-state index in [9.17, 15) is 34.8 Å². The summed E-state index contributed by atoms with van der Waals surface area (Å²) in [4.78, 5) is 46.8. The molecule has 1 fully saturated rings. The molecular formula is C29H33N5O7. The minimum absolute atomic E-state index is 0.0282. The number of nitrogens with one attached hydrogen (secondary N) is 1. The minimum atomic E-state index is -2.68. The summed E-state index contributed by atoms with van der Waals surface area (Å²) in [6, 6.07) is 4.27. The van der Waals surface area contributed by atoms with Gasteiger partial charge in [-0.1, -0.05) is 6.07 Å². The lowest BCUT2D eigenvalue weighted by molar-refractivity contribution is -0.153. The third kappa shape index (κ3) is 4.13. The standard InChI is InChI=1S/C29H33N5O7/c1-33(2)18-10-17(32-12-13-6-5-7-31-11-13)23(35)20-15(18)8-14-9-16-22(34(3)4)25(37)21(28(30)40)27(39)29(16,41)26(38)19(14)24(20)36/h5-7,10-11,14,16,22,32,35-36,39,41H,8-9,12H2,1-4H3,(H2,30,40)/t14-,16-,22-,29-/m0/s1. The summed E-state index contributed by atoms with van der Waals surface area (Å²) in [7, 11) is 6.76. The molecule has 0 bridgehead atoms. The quantitative estimate of drug-likeness (QED) is 0.217. The molecule has 0 radical (unpaired) electrons. The number of hydrogen-bond donors (Lipinski definition) is 6. The summed E-state index contributed by atoms with van der Waals surface area (Å²) in [6.45, 7) is 0.321. The number of primary amides is 1. The van der Waals surface area contributed by atoms with Gasteiger partial charge in [-0.3, -0.25) is 24.3 Å². The van der Waals surface area contributed by atoms with Gasteiger partial charge in [-0.05, 0) is 56.1 Å². The smallest absolute Gasteiger partial charge is 0.255 e. The molecule has 216 valence electrons. The van der Waals surface area contributed by atoms with Crippen LogP contribution in [0.4, 0.5) is 11.4 Å². The van der Waals surface area contributed by atoms with Gasteiger partial charge in [0.15, 0.2) is 11.4 Å². The molecule has 2 aromatic rings. The van der Waals surface area contributed by atoms with Crippen LogP contribution < -0.4 is 16.0 Å². The summed E-state index contributed by atoms with van der Waals surface area (Å²) in [5.41, 5.74) is 4.13. The summed E-state index contributed by atoms with van der Waals surface area (Å²) >= 11 is 0. The van der Waals surface area contributed by atoms with Gasteiger partial charge in [0.1, 0.15) is 22.8 Å². The molecule has 0 unspecified atom stereocenters. The number of ketones is 2. The van der Waals surface area contributed by atoms with E-state index in [4.69, 9.17) is 5.73 Å². The Labute approximate surface area is 236 Å². The molecule has 41 heavy (non-hydrogen) atoms. The van der Waals surface area contributed by atoms with Crippen LogP contribution in [-0.4, -0.2) is 87.6 Å². The monoisotopic (exact) mass is 563 g/mol. The first-order valence-corrected chi connectivity index (χ1v) is 13.1. The average Bonchev–Trinajstić information content (AvgIpc) is 2.90. The SMILES string of the molecule is CN(C)c1cc(NCc2cccnc2)c(O)c2c1C[C@H]1C[C@H]3[C@H](N(C)C)C(=O)C(C(N)=O)=C(O)[C@@]3(O)C(=O)C1=C2O. The van der Waals surface area contributed by atoms with Gasteiger partial charge < -0.3 is 36.4 Å². The Balaban J connectivity index is 1.68. The number of phenols is 1. The number of nitrogens with two attached hydrogens (primary N) is 1. The summed E-state index contributed by atoms with van der Waals surface area (Å²) < 4.78 is 0. The zero-order valence-corrected chi connectivity index (χ0v) is 23.2. The van der Waals surface area contributed by atoms with E-state index in [2.05, 4.69) is 10.3 Å². The lowest BCUT2D eigenvalue weighted by Crippen LogP contribution is -2.65.